The fraction of sp³-hybridized carbons (Fsp3) is 0.429. The summed E-state index contributed by atoms with van der Waals surface area (Å²) < 4.78 is 7.76. The Morgan fingerprint density at radius 1 is 1.18 bits per heavy atom. The summed E-state index contributed by atoms with van der Waals surface area (Å²) in [6.45, 7) is 13.5. The second-order valence-electron chi connectivity index (χ2n) is 11.8. The molecule has 0 radical (unpaired) electrons. The van der Waals surface area contributed by atoms with E-state index in [0.29, 0.717) is 47.3 Å². The monoisotopic (exact) mass is 547 g/mol. The number of ketones is 1. The number of hydrogen-bond acceptors (Lipinski definition) is 8. The van der Waals surface area contributed by atoms with Crippen LogP contribution in [0.3, 0.4) is 0 Å². The normalized spacial score (nSPS) is 12.3. The van der Waals surface area contributed by atoms with Crippen LogP contribution in [0.5, 0.6) is 0 Å². The van der Waals surface area contributed by atoms with Crippen molar-refractivity contribution in [1.82, 2.24) is 24.4 Å². The highest BCUT2D eigenvalue weighted by Crippen LogP contribution is 2.28. The molecule has 0 saturated heterocycles. The van der Waals surface area contributed by atoms with Gasteiger partial charge in [-0.3, -0.25) is 14.6 Å². The molecule has 0 unspecified atom stereocenters. The standard InChI is InChI=1S/C28H37N7O3Si/c1-28(2,3)25(36)22-17-35(18-38-11-12-39(6,7)8)26-24(22)33-23(16-31-26)32-21-10-9-20(30-15-21)13-19(14-29)27(37)34(4)5/h9-10,13,15-17H,11-12,18H2,1-8H3,(H,32,33). The van der Waals surface area contributed by atoms with Gasteiger partial charge in [-0.05, 0) is 24.3 Å². The van der Waals surface area contributed by atoms with Crippen LogP contribution in [0.25, 0.3) is 17.2 Å². The zero-order valence-corrected chi connectivity index (χ0v) is 25.0. The summed E-state index contributed by atoms with van der Waals surface area (Å²) in [7, 11) is 1.95. The number of aromatic nitrogens is 4. The Balaban J connectivity index is 1.87. The maximum atomic E-state index is 13.3. The zero-order chi connectivity index (χ0) is 29.0. The number of nitrogens with one attached hydrogen (secondary N) is 1. The smallest absolute Gasteiger partial charge is 0.264 e. The zero-order valence-electron chi connectivity index (χ0n) is 24.0. The van der Waals surface area contributed by atoms with Crippen LogP contribution >= 0.6 is 0 Å². The number of Topliss-reactive ketones (excluding diaryl/α,β-unsaturated/α-hetero) is 1. The van der Waals surface area contributed by atoms with Crippen LogP contribution in [0.4, 0.5) is 11.5 Å². The van der Waals surface area contributed by atoms with Crippen molar-refractivity contribution in [2.75, 3.05) is 26.0 Å². The van der Waals surface area contributed by atoms with Crippen LogP contribution in [-0.2, 0) is 16.3 Å². The average Bonchev–Trinajstić information content (AvgIpc) is 3.21. The lowest BCUT2D eigenvalue weighted by molar-refractivity contribution is -0.124. The highest BCUT2D eigenvalue weighted by atomic mass is 28.3. The lowest BCUT2D eigenvalue weighted by Gasteiger charge is -2.16. The second kappa shape index (κ2) is 11.9. The van der Waals surface area contributed by atoms with Crippen molar-refractivity contribution in [3.63, 3.8) is 0 Å². The van der Waals surface area contributed by atoms with Crippen LogP contribution in [0.2, 0.25) is 25.7 Å². The van der Waals surface area contributed by atoms with E-state index in [1.54, 1.807) is 44.8 Å². The van der Waals surface area contributed by atoms with Gasteiger partial charge in [0, 0.05) is 40.4 Å². The number of carbonyl (C=O) groups excluding carboxylic acids is 2. The quantitative estimate of drug-likeness (QED) is 0.122. The predicted octanol–water partition coefficient (Wildman–Crippen LogP) is 5.11. The van der Waals surface area contributed by atoms with Crippen LogP contribution in [0, 0.1) is 16.7 Å². The van der Waals surface area contributed by atoms with Crippen molar-refractivity contribution in [3.8, 4) is 6.07 Å². The van der Waals surface area contributed by atoms with Gasteiger partial charge in [-0.25, -0.2) is 9.97 Å². The number of fused-ring (bicyclic) bond motifs is 1. The van der Waals surface area contributed by atoms with Gasteiger partial charge in [0.05, 0.1) is 29.3 Å². The molecule has 39 heavy (non-hydrogen) atoms. The van der Waals surface area contributed by atoms with Crippen LogP contribution in [-0.4, -0.2) is 64.9 Å². The van der Waals surface area contributed by atoms with Gasteiger partial charge < -0.3 is 19.5 Å². The van der Waals surface area contributed by atoms with Crippen LogP contribution < -0.4 is 5.32 Å². The molecular formula is C28H37N7O3Si. The summed E-state index contributed by atoms with van der Waals surface area (Å²) in [4.78, 5) is 40.3. The molecule has 0 aromatic carbocycles. The lowest BCUT2D eigenvalue weighted by atomic mass is 9.87. The SMILES string of the molecule is CN(C)C(=O)C(C#N)=Cc1ccc(Nc2cnc3c(n2)c(C(=O)C(C)(C)C)cn3COCC[Si](C)(C)C)cn1. The largest absolute Gasteiger partial charge is 0.361 e. The third-order valence-corrected chi connectivity index (χ3v) is 7.53. The maximum absolute atomic E-state index is 13.3. The van der Waals surface area contributed by atoms with Gasteiger partial charge >= 0.3 is 0 Å². The summed E-state index contributed by atoms with van der Waals surface area (Å²) in [6, 6.07) is 6.41. The molecular weight excluding hydrogens is 510 g/mol. The van der Waals surface area contributed by atoms with Crippen molar-refractivity contribution >= 4 is 48.5 Å². The first-order valence-electron chi connectivity index (χ1n) is 12.7. The van der Waals surface area contributed by atoms with Gasteiger partial charge in [-0.1, -0.05) is 40.4 Å². The molecule has 1 amide bonds. The predicted molar refractivity (Wildman–Crippen MR) is 155 cm³/mol. The number of nitriles is 1. The summed E-state index contributed by atoms with van der Waals surface area (Å²) in [5, 5.41) is 12.5. The Morgan fingerprint density at radius 2 is 1.90 bits per heavy atom. The lowest BCUT2D eigenvalue weighted by Crippen LogP contribution is -2.22. The summed E-state index contributed by atoms with van der Waals surface area (Å²) in [5.74, 6) is 0.0331. The van der Waals surface area contributed by atoms with Crippen LogP contribution in [0.15, 0.2) is 36.3 Å². The van der Waals surface area contributed by atoms with Gasteiger partial charge in [0.1, 0.15) is 29.7 Å². The first-order valence-corrected chi connectivity index (χ1v) is 16.5. The Morgan fingerprint density at radius 3 is 2.46 bits per heavy atom. The highest BCUT2D eigenvalue weighted by Gasteiger charge is 2.28. The number of anilines is 2. The molecule has 3 rings (SSSR count). The Labute approximate surface area is 230 Å². The Hall–Kier alpha value is -3.88. The maximum Gasteiger partial charge on any atom is 0.264 e. The molecule has 0 saturated carbocycles. The molecule has 206 valence electrons. The van der Waals surface area contributed by atoms with E-state index in [-0.39, 0.29) is 17.3 Å². The number of pyridine rings is 1. The Bertz CT molecular complexity index is 1420. The molecule has 11 heteroatoms. The molecule has 0 atom stereocenters. The molecule has 1 N–H and O–H groups in total. The molecule has 0 aliphatic rings. The molecule has 0 bridgehead atoms. The van der Waals surface area contributed by atoms with Crippen molar-refractivity contribution in [2.45, 2.75) is 53.2 Å². The number of hydrogen-bond donors (Lipinski definition) is 1. The van der Waals surface area contributed by atoms with E-state index in [4.69, 9.17) is 9.72 Å². The van der Waals surface area contributed by atoms with Gasteiger partial charge in [0.15, 0.2) is 11.4 Å². The minimum absolute atomic E-state index is 0.00505. The van der Waals surface area contributed by atoms with Crippen molar-refractivity contribution < 1.29 is 14.3 Å². The fourth-order valence-corrected chi connectivity index (χ4v) is 4.32. The first kappa shape index (κ1) is 29.7. The third-order valence-electron chi connectivity index (χ3n) is 5.83. The van der Waals surface area contributed by atoms with Crippen LogP contribution in [0.1, 0.15) is 36.8 Å². The minimum atomic E-state index is -1.22. The number of ether oxygens (including phenoxy) is 1. The van der Waals surface area contributed by atoms with Gasteiger partial charge in [0.25, 0.3) is 5.91 Å². The Kier molecular flexibility index (Phi) is 9.04. The summed E-state index contributed by atoms with van der Waals surface area (Å²) >= 11 is 0. The van der Waals surface area contributed by atoms with E-state index in [9.17, 15) is 14.9 Å². The molecule has 0 aliphatic heterocycles. The fourth-order valence-electron chi connectivity index (χ4n) is 3.56. The number of likely N-dealkylation sites (N-methyl/N-ethyl adjacent to an activating group) is 1. The van der Waals surface area contributed by atoms with E-state index >= 15 is 0 Å². The number of nitrogens with zero attached hydrogens (tertiary/aromatic N) is 6. The van der Waals surface area contributed by atoms with Crippen molar-refractivity contribution in [2.24, 2.45) is 5.41 Å². The average molecular weight is 548 g/mol. The van der Waals surface area contributed by atoms with E-state index in [0.717, 1.165) is 6.04 Å². The molecule has 3 heterocycles. The molecule has 10 nitrogen and oxygen atoms in total. The third kappa shape index (κ3) is 7.81. The molecule has 0 fully saturated rings. The number of carbonyl (C=O) groups is 2. The first-order chi connectivity index (χ1) is 18.2. The summed E-state index contributed by atoms with van der Waals surface area (Å²) in [6.07, 6.45) is 6.40. The highest BCUT2D eigenvalue weighted by molar-refractivity contribution is 6.76. The van der Waals surface area contributed by atoms with E-state index in [1.165, 1.54) is 11.0 Å². The molecule has 0 aliphatic carbocycles. The van der Waals surface area contributed by atoms with E-state index in [2.05, 4.69) is 34.9 Å². The van der Waals surface area contributed by atoms with Crippen molar-refractivity contribution in [1.29, 1.82) is 5.26 Å². The number of amides is 1. The van der Waals surface area contributed by atoms with Gasteiger partial charge in [-0.15, -0.1) is 0 Å². The van der Waals surface area contributed by atoms with Crippen molar-refractivity contribution in [3.05, 3.63) is 47.6 Å². The van der Waals surface area contributed by atoms with E-state index in [1.807, 2.05) is 31.4 Å². The van der Waals surface area contributed by atoms with Gasteiger partial charge in [-0.2, -0.15) is 5.26 Å². The molecule has 0 spiro atoms. The molecule has 3 aromatic heterocycles. The van der Waals surface area contributed by atoms with Gasteiger partial charge in [0.2, 0.25) is 0 Å². The second-order valence-corrected chi connectivity index (χ2v) is 17.5. The minimum Gasteiger partial charge on any atom is -0.361 e. The summed E-state index contributed by atoms with van der Waals surface area (Å²) in [5.41, 5.74) is 2.09. The topological polar surface area (TPSA) is 126 Å². The van der Waals surface area contributed by atoms with E-state index < -0.39 is 13.5 Å². The molecule has 3 aromatic rings. The number of rotatable bonds is 10.